The number of carbonyl (C=O) groups is 2. The van der Waals surface area contributed by atoms with Crippen LogP contribution >= 0.6 is 11.6 Å². The fourth-order valence-corrected chi connectivity index (χ4v) is 4.55. The zero-order valence-electron chi connectivity index (χ0n) is 19.9. The minimum atomic E-state index is -1.06. The molecule has 0 bridgehead atoms. The van der Waals surface area contributed by atoms with Crippen molar-refractivity contribution < 1.29 is 14.7 Å². The number of rotatable bonds is 7. The Morgan fingerprint density at radius 2 is 1.51 bits per heavy atom. The van der Waals surface area contributed by atoms with Crippen LogP contribution in [0.4, 0.5) is 11.4 Å². The van der Waals surface area contributed by atoms with Gasteiger partial charge >= 0.3 is 5.97 Å². The molecule has 0 radical (unpaired) electrons. The molecular weight excluding hydrogens is 462 g/mol. The number of anilines is 2. The van der Waals surface area contributed by atoms with Crippen molar-refractivity contribution in [3.63, 3.8) is 0 Å². The van der Waals surface area contributed by atoms with Gasteiger partial charge in [-0.05, 0) is 41.5 Å². The molecule has 1 saturated heterocycles. The molecule has 3 aromatic carbocycles. The Morgan fingerprint density at radius 1 is 0.886 bits per heavy atom. The third-order valence-corrected chi connectivity index (χ3v) is 6.61. The average molecular weight is 492 g/mol. The molecule has 1 unspecified atom stereocenters. The van der Waals surface area contributed by atoms with Crippen molar-refractivity contribution in [3.8, 4) is 0 Å². The highest BCUT2D eigenvalue weighted by molar-refractivity contribution is 6.30. The van der Waals surface area contributed by atoms with E-state index < -0.39 is 5.97 Å². The third-order valence-electron chi connectivity index (χ3n) is 6.36. The average Bonchev–Trinajstić information content (AvgIpc) is 2.86. The van der Waals surface area contributed by atoms with Crippen LogP contribution in [0.15, 0.2) is 72.8 Å². The number of carbonyl (C=O) groups excluding carboxylic acids is 1. The van der Waals surface area contributed by atoms with E-state index >= 15 is 0 Å². The van der Waals surface area contributed by atoms with E-state index in [2.05, 4.69) is 51.5 Å². The van der Waals surface area contributed by atoms with Gasteiger partial charge in [0.25, 0.3) is 0 Å². The first kappa shape index (κ1) is 24.8. The molecule has 1 aliphatic heterocycles. The second-order valence-corrected chi connectivity index (χ2v) is 9.50. The van der Waals surface area contributed by atoms with Gasteiger partial charge in [-0.1, -0.05) is 67.9 Å². The van der Waals surface area contributed by atoms with Gasteiger partial charge in [0.2, 0.25) is 5.91 Å². The summed E-state index contributed by atoms with van der Waals surface area (Å²) in [5.41, 5.74) is 3.68. The summed E-state index contributed by atoms with van der Waals surface area (Å²) in [5, 5.41) is 13.2. The molecule has 1 atom stereocenters. The van der Waals surface area contributed by atoms with E-state index in [4.69, 9.17) is 11.6 Å². The summed E-state index contributed by atoms with van der Waals surface area (Å²) in [6.45, 7) is 6.70. The molecule has 4 rings (SSSR count). The van der Waals surface area contributed by atoms with Crippen LogP contribution in [0.5, 0.6) is 0 Å². The van der Waals surface area contributed by atoms with Crippen molar-refractivity contribution in [1.82, 2.24) is 4.90 Å². The van der Waals surface area contributed by atoms with Gasteiger partial charge in [0.1, 0.15) is 0 Å². The van der Waals surface area contributed by atoms with Gasteiger partial charge in [-0.2, -0.15) is 0 Å². The number of benzene rings is 3. The Balaban J connectivity index is 1.53. The number of aromatic carboxylic acids is 1. The van der Waals surface area contributed by atoms with E-state index in [-0.39, 0.29) is 23.4 Å². The van der Waals surface area contributed by atoms with Gasteiger partial charge < -0.3 is 15.3 Å². The highest BCUT2D eigenvalue weighted by Gasteiger charge is 2.27. The van der Waals surface area contributed by atoms with Crippen molar-refractivity contribution >= 4 is 34.9 Å². The number of hydrogen-bond donors (Lipinski definition) is 2. The van der Waals surface area contributed by atoms with Crippen LogP contribution < -0.4 is 10.2 Å². The number of nitrogens with one attached hydrogen (secondary N) is 1. The maximum atomic E-state index is 12.1. The molecule has 0 aromatic heterocycles. The SMILES string of the molecule is CC(C)C(=O)Nc1ccc(N2CCN(C(c3ccccc3)c3ccc(Cl)cc3)CC2)cc1C(=O)O. The van der Waals surface area contributed by atoms with Crippen LogP contribution in [0.25, 0.3) is 0 Å². The smallest absolute Gasteiger partial charge is 0.337 e. The maximum Gasteiger partial charge on any atom is 0.337 e. The molecule has 2 N–H and O–H groups in total. The van der Waals surface area contributed by atoms with Crippen molar-refractivity contribution in [2.45, 2.75) is 19.9 Å². The molecule has 3 aromatic rings. The van der Waals surface area contributed by atoms with Crippen LogP contribution in [0, 0.1) is 5.92 Å². The third kappa shape index (κ3) is 5.84. The van der Waals surface area contributed by atoms with Crippen LogP contribution in [0.2, 0.25) is 5.02 Å². The van der Waals surface area contributed by atoms with Crippen molar-refractivity contribution in [2.75, 3.05) is 36.4 Å². The van der Waals surface area contributed by atoms with Crippen molar-refractivity contribution in [1.29, 1.82) is 0 Å². The number of carboxylic acids is 1. The number of hydrogen-bond acceptors (Lipinski definition) is 4. The monoisotopic (exact) mass is 491 g/mol. The predicted octanol–water partition coefficient (Wildman–Crippen LogP) is 5.54. The highest BCUT2D eigenvalue weighted by atomic mass is 35.5. The molecule has 0 saturated carbocycles. The van der Waals surface area contributed by atoms with Crippen LogP contribution in [0.1, 0.15) is 41.4 Å². The number of piperazine rings is 1. The first-order valence-electron chi connectivity index (χ1n) is 11.8. The van der Waals surface area contributed by atoms with Crippen LogP contribution in [0.3, 0.4) is 0 Å². The molecule has 1 heterocycles. The maximum absolute atomic E-state index is 12.1. The molecule has 6 nitrogen and oxygen atoms in total. The zero-order valence-corrected chi connectivity index (χ0v) is 20.7. The molecule has 1 amide bonds. The molecule has 0 spiro atoms. The summed E-state index contributed by atoms with van der Waals surface area (Å²) in [5.74, 6) is -1.50. The van der Waals surface area contributed by atoms with E-state index in [1.807, 2.05) is 24.3 Å². The van der Waals surface area contributed by atoms with E-state index in [0.717, 1.165) is 31.9 Å². The lowest BCUT2D eigenvalue weighted by atomic mass is 9.96. The summed E-state index contributed by atoms with van der Waals surface area (Å²) >= 11 is 6.14. The largest absolute Gasteiger partial charge is 0.478 e. The Bertz CT molecular complexity index is 1170. The fourth-order valence-electron chi connectivity index (χ4n) is 4.42. The first-order chi connectivity index (χ1) is 16.8. The first-order valence-corrected chi connectivity index (χ1v) is 12.2. The zero-order chi connectivity index (χ0) is 24.9. The van der Waals surface area contributed by atoms with Gasteiger partial charge in [-0.3, -0.25) is 9.69 Å². The van der Waals surface area contributed by atoms with E-state index in [1.54, 1.807) is 26.0 Å². The van der Waals surface area contributed by atoms with Crippen LogP contribution in [-0.4, -0.2) is 48.1 Å². The summed E-state index contributed by atoms with van der Waals surface area (Å²) in [7, 11) is 0. The quantitative estimate of drug-likeness (QED) is 0.453. The summed E-state index contributed by atoms with van der Waals surface area (Å²) < 4.78 is 0. The second-order valence-electron chi connectivity index (χ2n) is 9.07. The van der Waals surface area contributed by atoms with E-state index in [9.17, 15) is 14.7 Å². The van der Waals surface area contributed by atoms with Crippen molar-refractivity contribution in [3.05, 3.63) is 94.5 Å². The number of halogens is 1. The normalized spacial score (nSPS) is 15.1. The van der Waals surface area contributed by atoms with E-state index in [0.29, 0.717) is 10.7 Å². The minimum absolute atomic E-state index is 0.0993. The van der Waals surface area contributed by atoms with Gasteiger partial charge in [0.15, 0.2) is 0 Å². The summed E-state index contributed by atoms with van der Waals surface area (Å²) in [6.07, 6.45) is 0. The summed E-state index contributed by atoms with van der Waals surface area (Å²) in [6, 6.07) is 23.8. The number of nitrogens with zero attached hydrogens (tertiary/aromatic N) is 2. The Kier molecular flexibility index (Phi) is 7.73. The minimum Gasteiger partial charge on any atom is -0.478 e. The molecule has 7 heteroatoms. The molecule has 0 aliphatic carbocycles. The van der Waals surface area contributed by atoms with Gasteiger partial charge in [0, 0.05) is 42.8 Å². The topological polar surface area (TPSA) is 72.9 Å². The van der Waals surface area contributed by atoms with Crippen LogP contribution in [-0.2, 0) is 4.79 Å². The Hall–Kier alpha value is -3.35. The van der Waals surface area contributed by atoms with Gasteiger partial charge in [0.05, 0.1) is 17.3 Å². The molecular formula is C28H30ClN3O3. The van der Waals surface area contributed by atoms with Gasteiger partial charge in [-0.15, -0.1) is 0 Å². The number of amides is 1. The molecule has 1 aliphatic rings. The lowest BCUT2D eigenvalue weighted by molar-refractivity contribution is -0.118. The fraction of sp³-hybridized carbons (Fsp3) is 0.286. The van der Waals surface area contributed by atoms with Crippen molar-refractivity contribution in [2.24, 2.45) is 5.92 Å². The summed E-state index contributed by atoms with van der Waals surface area (Å²) in [4.78, 5) is 28.6. The number of carboxylic acid groups (broad SMARTS) is 1. The lowest BCUT2D eigenvalue weighted by Crippen LogP contribution is -2.48. The lowest BCUT2D eigenvalue weighted by Gasteiger charge is -2.40. The Morgan fingerprint density at radius 3 is 2.11 bits per heavy atom. The molecule has 182 valence electrons. The predicted molar refractivity (Wildman–Crippen MR) is 140 cm³/mol. The standard InChI is InChI=1S/C28H30ClN3O3/c1-19(2)27(33)30-25-13-12-23(18-24(25)28(34)35)31-14-16-32(17-15-31)26(20-6-4-3-5-7-20)21-8-10-22(29)11-9-21/h3-13,18-19,26H,14-17H2,1-2H3,(H,30,33)(H,34,35). The van der Waals surface area contributed by atoms with E-state index in [1.165, 1.54) is 11.1 Å². The van der Waals surface area contributed by atoms with Gasteiger partial charge in [-0.25, -0.2) is 4.79 Å². The second kappa shape index (κ2) is 10.9. The highest BCUT2D eigenvalue weighted by Crippen LogP contribution is 2.32. The molecule has 1 fully saturated rings. The molecule has 35 heavy (non-hydrogen) atoms. The Labute approximate surface area is 211 Å².